The Morgan fingerprint density at radius 2 is 1.45 bits per heavy atom. The Kier molecular flexibility index (Phi) is 6.60. The van der Waals surface area contributed by atoms with Gasteiger partial charge < -0.3 is 5.32 Å². The van der Waals surface area contributed by atoms with Crippen molar-refractivity contribution in [1.82, 2.24) is 15.3 Å². The number of rotatable bonds is 7. The first-order valence-corrected chi connectivity index (χ1v) is 7.92. The maximum atomic E-state index is 4.73. The van der Waals surface area contributed by atoms with Gasteiger partial charge in [-0.05, 0) is 44.2 Å². The summed E-state index contributed by atoms with van der Waals surface area (Å²) in [5.74, 6) is 2.58. The zero-order valence-corrected chi connectivity index (χ0v) is 14.2. The minimum Gasteiger partial charge on any atom is -0.316 e. The molecule has 2 unspecified atom stereocenters. The summed E-state index contributed by atoms with van der Waals surface area (Å²) < 4.78 is 0. The second-order valence-corrected chi connectivity index (χ2v) is 6.43. The van der Waals surface area contributed by atoms with Crippen LogP contribution in [0.15, 0.2) is 0 Å². The van der Waals surface area contributed by atoms with Crippen LogP contribution in [0.1, 0.15) is 75.7 Å². The van der Waals surface area contributed by atoms with Gasteiger partial charge in [-0.25, -0.2) is 9.97 Å². The molecule has 0 saturated heterocycles. The lowest BCUT2D eigenvalue weighted by molar-refractivity contribution is 0.525. The van der Waals surface area contributed by atoms with Gasteiger partial charge in [-0.15, -0.1) is 0 Å². The van der Waals surface area contributed by atoms with Crippen LogP contribution in [0.5, 0.6) is 0 Å². The molecule has 0 aliphatic carbocycles. The van der Waals surface area contributed by atoms with Crippen LogP contribution in [-0.4, -0.2) is 23.1 Å². The third kappa shape index (κ3) is 4.55. The SMILES string of the molecule is CCC(C)c1nc(C)c(C(C)CNCC(C)C)c(C)n1. The highest BCUT2D eigenvalue weighted by atomic mass is 14.9. The molecule has 3 nitrogen and oxygen atoms in total. The summed E-state index contributed by atoms with van der Waals surface area (Å²) in [5.41, 5.74) is 3.60. The molecule has 0 saturated carbocycles. The maximum absolute atomic E-state index is 4.73. The number of nitrogens with zero attached hydrogens (tertiary/aromatic N) is 2. The predicted molar refractivity (Wildman–Crippen MR) is 86.3 cm³/mol. The third-order valence-electron chi connectivity index (χ3n) is 3.89. The molecular formula is C17H31N3. The Bertz CT molecular complexity index is 403. The molecule has 2 atom stereocenters. The highest BCUT2D eigenvalue weighted by Gasteiger charge is 2.16. The van der Waals surface area contributed by atoms with E-state index in [1.807, 2.05) is 0 Å². The molecule has 0 spiro atoms. The first-order chi connectivity index (χ1) is 9.36. The van der Waals surface area contributed by atoms with Gasteiger partial charge in [0, 0.05) is 23.9 Å². The van der Waals surface area contributed by atoms with E-state index >= 15 is 0 Å². The zero-order chi connectivity index (χ0) is 15.3. The molecule has 0 aromatic carbocycles. The second kappa shape index (κ2) is 7.72. The van der Waals surface area contributed by atoms with Crippen molar-refractivity contribution in [3.8, 4) is 0 Å². The first-order valence-electron chi connectivity index (χ1n) is 7.92. The molecule has 0 bridgehead atoms. The largest absolute Gasteiger partial charge is 0.316 e. The molecular weight excluding hydrogens is 246 g/mol. The van der Waals surface area contributed by atoms with E-state index in [1.165, 1.54) is 5.56 Å². The first kappa shape index (κ1) is 17.1. The molecule has 1 N–H and O–H groups in total. The minimum atomic E-state index is 0.441. The molecule has 1 aromatic heterocycles. The summed E-state index contributed by atoms with van der Waals surface area (Å²) in [6.45, 7) is 17.4. The Hall–Kier alpha value is -0.960. The summed E-state index contributed by atoms with van der Waals surface area (Å²) in [5, 5.41) is 3.53. The van der Waals surface area contributed by atoms with Gasteiger partial charge in [0.25, 0.3) is 0 Å². The molecule has 0 amide bonds. The highest BCUT2D eigenvalue weighted by Crippen LogP contribution is 2.23. The fourth-order valence-corrected chi connectivity index (χ4v) is 2.56. The Morgan fingerprint density at radius 3 is 1.90 bits per heavy atom. The lowest BCUT2D eigenvalue weighted by Crippen LogP contribution is -2.25. The van der Waals surface area contributed by atoms with Crippen molar-refractivity contribution in [3.05, 3.63) is 22.8 Å². The van der Waals surface area contributed by atoms with E-state index in [4.69, 9.17) is 9.97 Å². The van der Waals surface area contributed by atoms with Gasteiger partial charge in [-0.1, -0.05) is 34.6 Å². The number of hydrogen-bond donors (Lipinski definition) is 1. The van der Waals surface area contributed by atoms with Crippen molar-refractivity contribution in [2.24, 2.45) is 5.92 Å². The van der Waals surface area contributed by atoms with E-state index in [2.05, 4.69) is 53.8 Å². The van der Waals surface area contributed by atoms with E-state index in [-0.39, 0.29) is 0 Å². The molecule has 1 rings (SSSR count). The average molecular weight is 277 g/mol. The van der Waals surface area contributed by atoms with E-state index in [0.29, 0.717) is 17.8 Å². The van der Waals surface area contributed by atoms with Gasteiger partial charge in [0.2, 0.25) is 0 Å². The number of hydrogen-bond acceptors (Lipinski definition) is 3. The highest BCUT2D eigenvalue weighted by molar-refractivity contribution is 5.28. The topological polar surface area (TPSA) is 37.8 Å². The van der Waals surface area contributed by atoms with Crippen LogP contribution >= 0.6 is 0 Å². The molecule has 0 fully saturated rings. The van der Waals surface area contributed by atoms with Gasteiger partial charge in [0.15, 0.2) is 0 Å². The number of aryl methyl sites for hydroxylation is 2. The molecule has 1 heterocycles. The van der Waals surface area contributed by atoms with Crippen molar-refractivity contribution < 1.29 is 0 Å². The lowest BCUT2D eigenvalue weighted by atomic mass is 9.97. The van der Waals surface area contributed by atoms with Crippen LogP contribution in [0.25, 0.3) is 0 Å². The summed E-state index contributed by atoms with van der Waals surface area (Å²) in [6.07, 6.45) is 1.09. The minimum absolute atomic E-state index is 0.441. The lowest BCUT2D eigenvalue weighted by Gasteiger charge is -2.19. The van der Waals surface area contributed by atoms with Crippen LogP contribution in [0.3, 0.4) is 0 Å². The quantitative estimate of drug-likeness (QED) is 0.820. The van der Waals surface area contributed by atoms with E-state index in [9.17, 15) is 0 Å². The maximum Gasteiger partial charge on any atom is 0.131 e. The Morgan fingerprint density at radius 1 is 0.900 bits per heavy atom. The van der Waals surface area contributed by atoms with Crippen molar-refractivity contribution >= 4 is 0 Å². The predicted octanol–water partition coefficient (Wildman–Crippen LogP) is 3.96. The second-order valence-electron chi connectivity index (χ2n) is 6.43. The number of aromatic nitrogens is 2. The van der Waals surface area contributed by atoms with E-state index < -0.39 is 0 Å². The fraction of sp³-hybridized carbons (Fsp3) is 0.765. The van der Waals surface area contributed by atoms with Crippen molar-refractivity contribution in [2.45, 2.75) is 66.7 Å². The van der Waals surface area contributed by atoms with Crippen molar-refractivity contribution in [2.75, 3.05) is 13.1 Å². The fourth-order valence-electron chi connectivity index (χ4n) is 2.56. The van der Waals surface area contributed by atoms with Crippen molar-refractivity contribution in [1.29, 1.82) is 0 Å². The molecule has 0 aliphatic rings. The monoisotopic (exact) mass is 277 g/mol. The molecule has 0 radical (unpaired) electrons. The third-order valence-corrected chi connectivity index (χ3v) is 3.89. The molecule has 1 aromatic rings. The van der Waals surface area contributed by atoms with E-state index in [0.717, 1.165) is 36.7 Å². The van der Waals surface area contributed by atoms with Gasteiger partial charge >= 0.3 is 0 Å². The summed E-state index contributed by atoms with van der Waals surface area (Å²) in [7, 11) is 0. The normalized spacial score (nSPS) is 14.6. The van der Waals surface area contributed by atoms with Gasteiger partial charge in [0.1, 0.15) is 5.82 Å². The Balaban J connectivity index is 2.84. The van der Waals surface area contributed by atoms with Gasteiger partial charge in [-0.2, -0.15) is 0 Å². The summed E-state index contributed by atoms with van der Waals surface area (Å²) in [4.78, 5) is 9.46. The Labute approximate surface area is 124 Å². The standard InChI is InChI=1S/C17H31N3/c1-8-12(4)17-19-14(6)16(15(7)20-17)13(5)10-18-9-11(2)3/h11-13,18H,8-10H2,1-7H3. The average Bonchev–Trinajstić information content (AvgIpc) is 2.36. The summed E-state index contributed by atoms with van der Waals surface area (Å²) in [6, 6.07) is 0. The zero-order valence-electron chi connectivity index (χ0n) is 14.2. The molecule has 114 valence electrons. The molecule has 20 heavy (non-hydrogen) atoms. The molecule has 0 aliphatic heterocycles. The van der Waals surface area contributed by atoms with Crippen LogP contribution in [-0.2, 0) is 0 Å². The van der Waals surface area contributed by atoms with Crippen molar-refractivity contribution in [3.63, 3.8) is 0 Å². The van der Waals surface area contributed by atoms with Crippen LogP contribution in [0, 0.1) is 19.8 Å². The van der Waals surface area contributed by atoms with Gasteiger partial charge in [-0.3, -0.25) is 0 Å². The van der Waals surface area contributed by atoms with Gasteiger partial charge in [0.05, 0.1) is 0 Å². The summed E-state index contributed by atoms with van der Waals surface area (Å²) >= 11 is 0. The van der Waals surface area contributed by atoms with E-state index in [1.54, 1.807) is 0 Å². The number of nitrogens with one attached hydrogen (secondary N) is 1. The van der Waals surface area contributed by atoms with Crippen LogP contribution in [0.4, 0.5) is 0 Å². The van der Waals surface area contributed by atoms with Crippen LogP contribution in [0.2, 0.25) is 0 Å². The smallest absolute Gasteiger partial charge is 0.131 e. The molecule has 3 heteroatoms. The van der Waals surface area contributed by atoms with Crippen LogP contribution < -0.4 is 5.32 Å².